The number of hydrogen-bond acceptors (Lipinski definition) is 4. The van der Waals surface area contributed by atoms with E-state index in [9.17, 15) is 0 Å². The highest BCUT2D eigenvalue weighted by atomic mass is 16.3. The van der Waals surface area contributed by atoms with Crippen molar-refractivity contribution in [3.63, 3.8) is 0 Å². The molecule has 1 atom stereocenters. The van der Waals surface area contributed by atoms with E-state index in [4.69, 9.17) is 4.42 Å². The lowest BCUT2D eigenvalue weighted by Gasteiger charge is -2.26. The lowest BCUT2D eigenvalue weighted by Crippen LogP contribution is -2.53. The van der Waals surface area contributed by atoms with Gasteiger partial charge in [0.1, 0.15) is 6.17 Å². The Morgan fingerprint density at radius 2 is 2.35 bits per heavy atom. The Morgan fingerprint density at radius 1 is 1.53 bits per heavy atom. The zero-order valence-corrected chi connectivity index (χ0v) is 10.3. The quantitative estimate of drug-likeness (QED) is 0.787. The van der Waals surface area contributed by atoms with E-state index in [0.717, 1.165) is 17.5 Å². The predicted molar refractivity (Wildman–Crippen MR) is 66.7 cm³/mol. The Labute approximate surface area is 100 Å². The van der Waals surface area contributed by atoms with E-state index in [-0.39, 0.29) is 6.17 Å². The first-order valence-corrected chi connectivity index (χ1v) is 5.49. The molecule has 6 nitrogen and oxygen atoms in total. The maximum absolute atomic E-state index is 4.99. The number of nitrogens with zero attached hydrogens (tertiary/aromatic N) is 3. The van der Waals surface area contributed by atoms with Gasteiger partial charge in [-0.3, -0.25) is 5.32 Å². The van der Waals surface area contributed by atoms with Crippen molar-refractivity contribution in [3.8, 4) is 0 Å². The Morgan fingerprint density at radius 3 is 3.00 bits per heavy atom. The van der Waals surface area contributed by atoms with Crippen molar-refractivity contribution >= 4 is 11.9 Å². The first-order valence-electron chi connectivity index (χ1n) is 5.49. The minimum atomic E-state index is 0.0248. The van der Waals surface area contributed by atoms with Crippen LogP contribution in [0.15, 0.2) is 33.0 Å². The summed E-state index contributed by atoms with van der Waals surface area (Å²) >= 11 is 0. The lowest BCUT2D eigenvalue weighted by molar-refractivity contribution is 0.558. The molecule has 17 heavy (non-hydrogen) atoms. The summed E-state index contributed by atoms with van der Waals surface area (Å²) in [6.45, 7) is 2.57. The fourth-order valence-electron chi connectivity index (χ4n) is 1.45. The Balaban J connectivity index is 2.03. The van der Waals surface area contributed by atoms with Gasteiger partial charge in [0.25, 0.3) is 0 Å². The number of rotatable bonds is 2. The van der Waals surface area contributed by atoms with E-state index in [1.807, 2.05) is 32.0 Å². The summed E-state index contributed by atoms with van der Waals surface area (Å²) in [4.78, 5) is 10.8. The molecule has 1 aliphatic heterocycles. The van der Waals surface area contributed by atoms with Gasteiger partial charge in [-0.2, -0.15) is 0 Å². The van der Waals surface area contributed by atoms with Crippen LogP contribution >= 0.6 is 0 Å². The van der Waals surface area contributed by atoms with Crippen LogP contribution in [0, 0.1) is 0 Å². The highest BCUT2D eigenvalue weighted by Gasteiger charge is 2.15. The van der Waals surface area contributed by atoms with Gasteiger partial charge in [0.05, 0.1) is 19.1 Å². The van der Waals surface area contributed by atoms with Crippen LogP contribution in [0.25, 0.3) is 0 Å². The summed E-state index contributed by atoms with van der Waals surface area (Å²) in [7, 11) is 3.88. The van der Waals surface area contributed by atoms with Gasteiger partial charge >= 0.3 is 0 Å². The van der Waals surface area contributed by atoms with Gasteiger partial charge in [0.2, 0.25) is 5.96 Å². The summed E-state index contributed by atoms with van der Waals surface area (Å²) in [6, 6.07) is 1.90. The summed E-state index contributed by atoms with van der Waals surface area (Å²) in [5.74, 6) is 1.54. The standard InChI is InChI=1S/C11H17N5O/c1-8-13-10(15-11(14-8)16(2)3)12-6-9-4-5-17-7-9/h4-5,7-8H,6H2,1-3H3,(H2,12,13,14,15). The molecule has 0 bridgehead atoms. The van der Waals surface area contributed by atoms with Crippen molar-refractivity contribution in [2.75, 3.05) is 14.1 Å². The van der Waals surface area contributed by atoms with Gasteiger partial charge < -0.3 is 14.6 Å². The minimum Gasteiger partial charge on any atom is -0.472 e. The lowest BCUT2D eigenvalue weighted by atomic mass is 10.3. The van der Waals surface area contributed by atoms with Crippen LogP contribution < -0.4 is 10.6 Å². The van der Waals surface area contributed by atoms with Gasteiger partial charge in [-0.1, -0.05) is 0 Å². The van der Waals surface area contributed by atoms with E-state index in [0.29, 0.717) is 6.54 Å². The highest BCUT2D eigenvalue weighted by Crippen LogP contribution is 2.02. The SMILES string of the molecule is CC1N=C(N(C)C)NC(=NCc2ccoc2)N1. The second-order valence-corrected chi connectivity index (χ2v) is 4.09. The zero-order chi connectivity index (χ0) is 12.3. The van der Waals surface area contributed by atoms with E-state index in [1.165, 1.54) is 0 Å². The average molecular weight is 235 g/mol. The molecule has 1 aromatic heterocycles. The highest BCUT2D eigenvalue weighted by molar-refractivity contribution is 6.00. The minimum absolute atomic E-state index is 0.0248. The second kappa shape index (κ2) is 4.90. The molecule has 2 heterocycles. The molecule has 0 fully saturated rings. The average Bonchev–Trinajstić information content (AvgIpc) is 2.78. The van der Waals surface area contributed by atoms with Crippen LogP contribution in [-0.4, -0.2) is 37.1 Å². The largest absolute Gasteiger partial charge is 0.472 e. The molecule has 0 amide bonds. The molecule has 6 heteroatoms. The van der Waals surface area contributed by atoms with E-state index in [2.05, 4.69) is 20.6 Å². The van der Waals surface area contributed by atoms with Crippen LogP contribution in [0.1, 0.15) is 12.5 Å². The molecule has 0 saturated heterocycles. The molecular formula is C11H17N5O. The molecule has 0 radical (unpaired) electrons. The fourth-order valence-corrected chi connectivity index (χ4v) is 1.45. The van der Waals surface area contributed by atoms with Crippen LogP contribution in [0.2, 0.25) is 0 Å². The van der Waals surface area contributed by atoms with Crippen molar-refractivity contribution in [1.82, 2.24) is 15.5 Å². The predicted octanol–water partition coefficient (Wildman–Crippen LogP) is 0.592. The number of hydrogen-bond donors (Lipinski definition) is 2. The Hall–Kier alpha value is -1.98. The van der Waals surface area contributed by atoms with Crippen LogP contribution in [0.5, 0.6) is 0 Å². The smallest absolute Gasteiger partial charge is 0.202 e. The molecule has 0 aromatic carbocycles. The summed E-state index contributed by atoms with van der Waals surface area (Å²) < 4.78 is 4.99. The summed E-state index contributed by atoms with van der Waals surface area (Å²) in [5.41, 5.74) is 1.04. The molecule has 2 rings (SSSR count). The third-order valence-corrected chi connectivity index (χ3v) is 2.32. The fraction of sp³-hybridized carbons (Fsp3) is 0.455. The zero-order valence-electron chi connectivity index (χ0n) is 10.3. The molecule has 92 valence electrons. The number of furan rings is 1. The molecule has 1 aromatic rings. The van der Waals surface area contributed by atoms with Gasteiger partial charge in [-0.25, -0.2) is 9.98 Å². The maximum atomic E-state index is 4.99. The molecule has 0 saturated carbocycles. The molecule has 0 aliphatic carbocycles. The van der Waals surface area contributed by atoms with Crippen molar-refractivity contribution in [1.29, 1.82) is 0 Å². The molecule has 1 aliphatic rings. The Bertz CT molecular complexity index is 421. The number of aliphatic imine (C=N–C) groups is 2. The summed E-state index contributed by atoms with van der Waals surface area (Å²) in [6.07, 6.45) is 3.36. The van der Waals surface area contributed by atoms with E-state index >= 15 is 0 Å². The van der Waals surface area contributed by atoms with Gasteiger partial charge in [0, 0.05) is 19.7 Å². The molecule has 0 spiro atoms. The van der Waals surface area contributed by atoms with Gasteiger partial charge in [0.15, 0.2) is 5.96 Å². The van der Waals surface area contributed by atoms with Crippen molar-refractivity contribution in [2.24, 2.45) is 9.98 Å². The summed E-state index contributed by atoms with van der Waals surface area (Å²) in [5, 5.41) is 6.29. The molecular weight excluding hydrogens is 218 g/mol. The second-order valence-electron chi connectivity index (χ2n) is 4.09. The van der Waals surface area contributed by atoms with Crippen LogP contribution in [0.4, 0.5) is 0 Å². The van der Waals surface area contributed by atoms with Crippen LogP contribution in [-0.2, 0) is 6.54 Å². The van der Waals surface area contributed by atoms with Crippen molar-refractivity contribution in [2.45, 2.75) is 19.6 Å². The monoisotopic (exact) mass is 235 g/mol. The third kappa shape index (κ3) is 2.99. The van der Waals surface area contributed by atoms with Gasteiger partial charge in [-0.05, 0) is 13.0 Å². The van der Waals surface area contributed by atoms with E-state index in [1.54, 1.807) is 12.5 Å². The molecule has 1 unspecified atom stereocenters. The number of guanidine groups is 2. The number of nitrogens with one attached hydrogen (secondary N) is 2. The third-order valence-electron chi connectivity index (χ3n) is 2.32. The Kier molecular flexibility index (Phi) is 3.32. The molecule has 2 N–H and O–H groups in total. The first-order chi connectivity index (χ1) is 8.15. The first kappa shape index (κ1) is 11.5. The van der Waals surface area contributed by atoms with Crippen molar-refractivity contribution < 1.29 is 4.42 Å². The van der Waals surface area contributed by atoms with Crippen molar-refractivity contribution in [3.05, 3.63) is 24.2 Å². The topological polar surface area (TPSA) is 65.2 Å². The normalized spacial score (nSPS) is 21.7. The maximum Gasteiger partial charge on any atom is 0.202 e. The van der Waals surface area contributed by atoms with Gasteiger partial charge in [-0.15, -0.1) is 0 Å². The van der Waals surface area contributed by atoms with E-state index < -0.39 is 0 Å². The van der Waals surface area contributed by atoms with Crippen LogP contribution in [0.3, 0.4) is 0 Å².